The molecule has 4 nitrogen and oxygen atoms in total. The molecule has 0 fully saturated rings. The number of hydrogen-bond acceptors (Lipinski definition) is 3. The number of H-pyrrole nitrogens is 1. The van der Waals surface area contributed by atoms with Crippen LogP contribution in [0.2, 0.25) is 0 Å². The second-order valence-corrected chi connectivity index (χ2v) is 8.91. The molecule has 138 valence electrons. The van der Waals surface area contributed by atoms with Crippen molar-refractivity contribution < 1.29 is 12.8 Å². The Morgan fingerprint density at radius 1 is 1.04 bits per heavy atom. The number of para-hydroxylation sites is 1. The molecular formula is C20H17FN2O2S2. The van der Waals surface area contributed by atoms with E-state index in [2.05, 4.69) is 9.71 Å². The summed E-state index contributed by atoms with van der Waals surface area (Å²) in [6, 6.07) is 16.7. The highest BCUT2D eigenvalue weighted by Gasteiger charge is 2.22. The third-order valence-electron chi connectivity index (χ3n) is 4.48. The van der Waals surface area contributed by atoms with Gasteiger partial charge < -0.3 is 4.98 Å². The SMILES string of the molecule is O=S(=O)(NC[C@H](c1cccs1)c1c[nH]c2ccccc12)c1ccc(F)cc1. The molecule has 1 atom stereocenters. The normalized spacial score (nSPS) is 13.1. The number of benzene rings is 2. The van der Waals surface area contributed by atoms with Crippen LogP contribution in [0.5, 0.6) is 0 Å². The van der Waals surface area contributed by atoms with Crippen LogP contribution in [0.4, 0.5) is 4.39 Å². The van der Waals surface area contributed by atoms with Gasteiger partial charge in [-0.15, -0.1) is 11.3 Å². The van der Waals surface area contributed by atoms with Crippen LogP contribution in [0.3, 0.4) is 0 Å². The first kappa shape index (κ1) is 17.9. The van der Waals surface area contributed by atoms with E-state index in [-0.39, 0.29) is 17.4 Å². The van der Waals surface area contributed by atoms with Crippen molar-refractivity contribution in [3.05, 3.63) is 88.5 Å². The van der Waals surface area contributed by atoms with Gasteiger partial charge in [0.2, 0.25) is 10.0 Å². The van der Waals surface area contributed by atoms with Crippen molar-refractivity contribution >= 4 is 32.3 Å². The molecule has 0 saturated carbocycles. The van der Waals surface area contributed by atoms with Crippen molar-refractivity contribution in [1.29, 1.82) is 0 Å². The number of fused-ring (bicyclic) bond motifs is 1. The van der Waals surface area contributed by atoms with Gasteiger partial charge in [0.25, 0.3) is 0 Å². The zero-order chi connectivity index (χ0) is 18.9. The summed E-state index contributed by atoms with van der Waals surface area (Å²) in [5, 5.41) is 3.04. The van der Waals surface area contributed by atoms with E-state index in [1.807, 2.05) is 48.0 Å². The number of sulfonamides is 1. The first-order chi connectivity index (χ1) is 13.0. The van der Waals surface area contributed by atoms with E-state index in [9.17, 15) is 12.8 Å². The summed E-state index contributed by atoms with van der Waals surface area (Å²) in [6.07, 6.45) is 1.93. The number of halogens is 1. The van der Waals surface area contributed by atoms with Gasteiger partial charge >= 0.3 is 0 Å². The third kappa shape index (κ3) is 3.66. The van der Waals surface area contributed by atoms with Gasteiger partial charge in [0.05, 0.1) is 4.90 Å². The molecule has 4 rings (SSSR count). The zero-order valence-corrected chi connectivity index (χ0v) is 15.9. The van der Waals surface area contributed by atoms with Crippen LogP contribution < -0.4 is 4.72 Å². The average Bonchev–Trinajstić information content (AvgIpc) is 3.33. The monoisotopic (exact) mass is 400 g/mol. The Morgan fingerprint density at radius 3 is 2.56 bits per heavy atom. The summed E-state index contributed by atoms with van der Waals surface area (Å²) >= 11 is 1.59. The van der Waals surface area contributed by atoms with Crippen LogP contribution >= 0.6 is 11.3 Å². The maximum atomic E-state index is 13.1. The fourth-order valence-corrected chi connectivity index (χ4v) is 5.02. The minimum Gasteiger partial charge on any atom is -0.361 e. The number of aromatic nitrogens is 1. The highest BCUT2D eigenvalue weighted by molar-refractivity contribution is 7.89. The number of hydrogen-bond donors (Lipinski definition) is 2. The Hall–Kier alpha value is -2.48. The van der Waals surface area contributed by atoms with Gasteiger partial charge in [-0.25, -0.2) is 17.5 Å². The summed E-state index contributed by atoms with van der Waals surface area (Å²) in [5.74, 6) is -0.597. The van der Waals surface area contributed by atoms with E-state index in [4.69, 9.17) is 0 Å². The van der Waals surface area contributed by atoms with Crippen molar-refractivity contribution in [3.8, 4) is 0 Å². The van der Waals surface area contributed by atoms with Crippen LogP contribution in [0.1, 0.15) is 16.4 Å². The van der Waals surface area contributed by atoms with Gasteiger partial charge in [0.15, 0.2) is 0 Å². The van der Waals surface area contributed by atoms with Crippen molar-refractivity contribution in [2.24, 2.45) is 0 Å². The molecule has 0 unspecified atom stereocenters. The summed E-state index contributed by atoms with van der Waals surface area (Å²) in [4.78, 5) is 4.37. The Morgan fingerprint density at radius 2 is 1.81 bits per heavy atom. The number of thiophene rings is 1. The van der Waals surface area contributed by atoms with E-state index in [0.717, 1.165) is 33.5 Å². The molecule has 0 saturated heterocycles. The average molecular weight is 401 g/mol. The van der Waals surface area contributed by atoms with E-state index >= 15 is 0 Å². The largest absolute Gasteiger partial charge is 0.361 e. The maximum Gasteiger partial charge on any atom is 0.240 e. The smallest absolute Gasteiger partial charge is 0.240 e. The molecule has 0 spiro atoms. The van der Waals surface area contributed by atoms with Gasteiger partial charge in [0.1, 0.15) is 5.82 Å². The van der Waals surface area contributed by atoms with Crippen molar-refractivity contribution in [2.75, 3.05) is 6.54 Å². The van der Waals surface area contributed by atoms with Gasteiger partial charge in [-0.2, -0.15) is 0 Å². The van der Waals surface area contributed by atoms with Crippen LogP contribution in [0.25, 0.3) is 10.9 Å². The standard InChI is InChI=1S/C20H17FN2O2S2/c21-14-7-9-15(10-8-14)27(24,25)23-13-18(20-6-3-11-26-20)17-12-22-19-5-2-1-4-16(17)19/h1-12,18,22-23H,13H2/t18-/m0/s1. The van der Waals surface area contributed by atoms with E-state index in [1.165, 1.54) is 12.1 Å². The Bertz CT molecular complexity index is 1150. The molecule has 27 heavy (non-hydrogen) atoms. The lowest BCUT2D eigenvalue weighted by Gasteiger charge is -2.16. The molecule has 2 aromatic heterocycles. The van der Waals surface area contributed by atoms with Gasteiger partial charge in [-0.1, -0.05) is 24.3 Å². The van der Waals surface area contributed by atoms with Crippen LogP contribution in [0, 0.1) is 5.82 Å². The molecule has 7 heteroatoms. The topological polar surface area (TPSA) is 62.0 Å². The van der Waals surface area contributed by atoms with E-state index in [0.29, 0.717) is 0 Å². The van der Waals surface area contributed by atoms with Crippen LogP contribution in [-0.2, 0) is 10.0 Å². The summed E-state index contributed by atoms with van der Waals surface area (Å²) in [5.41, 5.74) is 2.05. The number of nitrogens with one attached hydrogen (secondary N) is 2. The number of aromatic amines is 1. The Labute approximate surface area is 160 Å². The zero-order valence-electron chi connectivity index (χ0n) is 14.2. The molecule has 0 aliphatic carbocycles. The maximum absolute atomic E-state index is 13.1. The van der Waals surface area contributed by atoms with Gasteiger partial charge in [-0.05, 0) is 47.3 Å². The summed E-state index contributed by atoms with van der Waals surface area (Å²) in [6.45, 7) is 0.210. The Kier molecular flexibility index (Phi) is 4.82. The van der Waals surface area contributed by atoms with E-state index in [1.54, 1.807) is 11.3 Å². The molecular weight excluding hydrogens is 383 g/mol. The predicted molar refractivity (Wildman–Crippen MR) is 106 cm³/mol. The molecule has 4 aromatic rings. The van der Waals surface area contributed by atoms with Crippen molar-refractivity contribution in [3.63, 3.8) is 0 Å². The second kappa shape index (κ2) is 7.26. The van der Waals surface area contributed by atoms with Crippen molar-refractivity contribution in [2.45, 2.75) is 10.8 Å². The Balaban J connectivity index is 1.66. The molecule has 0 bridgehead atoms. The first-order valence-corrected chi connectivity index (χ1v) is 10.8. The molecule has 0 radical (unpaired) electrons. The van der Waals surface area contributed by atoms with Gasteiger partial charge in [0, 0.05) is 34.4 Å². The van der Waals surface area contributed by atoms with Crippen LogP contribution in [0.15, 0.2) is 77.1 Å². The highest BCUT2D eigenvalue weighted by Crippen LogP contribution is 2.33. The fraction of sp³-hybridized carbons (Fsp3) is 0.100. The number of rotatable bonds is 6. The van der Waals surface area contributed by atoms with Gasteiger partial charge in [-0.3, -0.25) is 0 Å². The highest BCUT2D eigenvalue weighted by atomic mass is 32.2. The second-order valence-electron chi connectivity index (χ2n) is 6.16. The minimum atomic E-state index is -3.73. The lowest BCUT2D eigenvalue weighted by atomic mass is 9.97. The predicted octanol–water partition coefficient (Wildman–Crippen LogP) is 4.48. The van der Waals surface area contributed by atoms with E-state index < -0.39 is 15.8 Å². The molecule has 0 aliphatic rings. The lowest BCUT2D eigenvalue weighted by molar-refractivity contribution is 0.577. The van der Waals surface area contributed by atoms with Crippen molar-refractivity contribution in [1.82, 2.24) is 9.71 Å². The molecule has 0 aliphatic heterocycles. The summed E-state index contributed by atoms with van der Waals surface area (Å²) < 4.78 is 41.0. The lowest BCUT2D eigenvalue weighted by Crippen LogP contribution is -2.28. The first-order valence-electron chi connectivity index (χ1n) is 8.39. The molecule has 2 heterocycles. The minimum absolute atomic E-state index is 0.0488. The quantitative estimate of drug-likeness (QED) is 0.501. The van der Waals surface area contributed by atoms with Crippen LogP contribution in [-0.4, -0.2) is 19.9 Å². The molecule has 0 amide bonds. The third-order valence-corrected chi connectivity index (χ3v) is 6.91. The summed E-state index contributed by atoms with van der Waals surface area (Å²) in [7, 11) is -3.73. The molecule has 2 aromatic carbocycles. The fourth-order valence-electron chi connectivity index (χ4n) is 3.13. The molecule has 2 N–H and O–H groups in total.